The molecule has 0 N–H and O–H groups in total. The van der Waals surface area contributed by atoms with Crippen molar-refractivity contribution in [1.82, 2.24) is 0 Å². The second-order valence-corrected chi connectivity index (χ2v) is 3.84. The molecule has 2 aliphatic rings. The van der Waals surface area contributed by atoms with Crippen molar-refractivity contribution in [3.63, 3.8) is 0 Å². The van der Waals surface area contributed by atoms with E-state index in [4.69, 9.17) is 0 Å². The molecule has 2 atom stereocenters. The highest BCUT2D eigenvalue weighted by Crippen LogP contribution is 2.36. The standard InChI is InChI=1S/C11H16/c1-9-5-2-3-6-10-7-4-8-11(9)10/h3,6-7,9,11H,2,4-5,8H2,1H3. The normalized spacial score (nSPS) is 36.3. The molecule has 2 rings (SSSR count). The Morgan fingerprint density at radius 3 is 3.09 bits per heavy atom. The fourth-order valence-electron chi connectivity index (χ4n) is 2.33. The maximum absolute atomic E-state index is 2.42. The average molecular weight is 148 g/mol. The number of allylic oxidation sites excluding steroid dienone is 4. The largest absolute Gasteiger partial charge is 0.0843 e. The third-order valence-corrected chi connectivity index (χ3v) is 3.07. The van der Waals surface area contributed by atoms with E-state index < -0.39 is 0 Å². The Balaban J connectivity index is 2.21. The maximum Gasteiger partial charge on any atom is -0.0136 e. The van der Waals surface area contributed by atoms with E-state index in [0.717, 1.165) is 11.8 Å². The molecule has 0 saturated carbocycles. The lowest BCUT2D eigenvalue weighted by atomic mass is 9.87. The molecule has 2 unspecified atom stereocenters. The average Bonchev–Trinajstić information content (AvgIpc) is 2.40. The molecule has 0 heteroatoms. The van der Waals surface area contributed by atoms with Gasteiger partial charge in [0.2, 0.25) is 0 Å². The second kappa shape index (κ2) is 2.84. The molecule has 0 radical (unpaired) electrons. The van der Waals surface area contributed by atoms with E-state index in [9.17, 15) is 0 Å². The van der Waals surface area contributed by atoms with Gasteiger partial charge in [0.1, 0.15) is 0 Å². The first-order chi connectivity index (χ1) is 5.38. The SMILES string of the molecule is CC1CCC=CC2=CCCC21. The third kappa shape index (κ3) is 1.26. The molecule has 0 nitrogen and oxygen atoms in total. The highest BCUT2D eigenvalue weighted by atomic mass is 14.3. The molecule has 0 amide bonds. The molecular formula is C11H16. The molecule has 60 valence electrons. The van der Waals surface area contributed by atoms with Crippen molar-refractivity contribution in [2.75, 3.05) is 0 Å². The Bertz CT molecular complexity index is 198. The lowest BCUT2D eigenvalue weighted by Gasteiger charge is -2.18. The van der Waals surface area contributed by atoms with Crippen LogP contribution in [0.4, 0.5) is 0 Å². The van der Waals surface area contributed by atoms with Crippen LogP contribution in [0.15, 0.2) is 23.8 Å². The summed E-state index contributed by atoms with van der Waals surface area (Å²) >= 11 is 0. The number of fused-ring (bicyclic) bond motifs is 1. The monoisotopic (exact) mass is 148 g/mol. The minimum Gasteiger partial charge on any atom is -0.0843 e. The minimum absolute atomic E-state index is 0.897. The van der Waals surface area contributed by atoms with Crippen molar-refractivity contribution in [2.24, 2.45) is 11.8 Å². The van der Waals surface area contributed by atoms with Gasteiger partial charge in [0.25, 0.3) is 0 Å². The summed E-state index contributed by atoms with van der Waals surface area (Å²) in [5.41, 5.74) is 1.62. The number of rotatable bonds is 0. The summed E-state index contributed by atoms with van der Waals surface area (Å²) in [4.78, 5) is 0. The summed E-state index contributed by atoms with van der Waals surface area (Å²) in [6.07, 6.45) is 12.5. The van der Waals surface area contributed by atoms with Crippen molar-refractivity contribution in [3.05, 3.63) is 23.8 Å². The van der Waals surface area contributed by atoms with Crippen LogP contribution in [0.2, 0.25) is 0 Å². The maximum atomic E-state index is 2.42. The van der Waals surface area contributed by atoms with Crippen LogP contribution in [0, 0.1) is 11.8 Å². The molecule has 0 saturated heterocycles. The van der Waals surface area contributed by atoms with Gasteiger partial charge in [-0.1, -0.05) is 25.2 Å². The molecule has 0 aromatic heterocycles. The zero-order valence-electron chi connectivity index (χ0n) is 7.22. The summed E-state index contributed by atoms with van der Waals surface area (Å²) in [5, 5.41) is 0. The smallest absolute Gasteiger partial charge is 0.0136 e. The third-order valence-electron chi connectivity index (χ3n) is 3.07. The van der Waals surface area contributed by atoms with Crippen molar-refractivity contribution in [2.45, 2.75) is 32.6 Å². The first-order valence-corrected chi connectivity index (χ1v) is 4.74. The van der Waals surface area contributed by atoms with E-state index in [2.05, 4.69) is 25.2 Å². The molecule has 0 bridgehead atoms. The van der Waals surface area contributed by atoms with Crippen LogP contribution < -0.4 is 0 Å². The van der Waals surface area contributed by atoms with Gasteiger partial charge in [-0.05, 0) is 43.1 Å². The molecular weight excluding hydrogens is 132 g/mol. The lowest BCUT2D eigenvalue weighted by Crippen LogP contribution is -2.08. The Morgan fingerprint density at radius 1 is 1.27 bits per heavy atom. The van der Waals surface area contributed by atoms with E-state index in [1.54, 1.807) is 5.57 Å². The molecule has 2 aliphatic carbocycles. The van der Waals surface area contributed by atoms with Gasteiger partial charge in [0, 0.05) is 0 Å². The van der Waals surface area contributed by atoms with Gasteiger partial charge in [0.05, 0.1) is 0 Å². The quantitative estimate of drug-likeness (QED) is 0.494. The van der Waals surface area contributed by atoms with Gasteiger partial charge < -0.3 is 0 Å². The van der Waals surface area contributed by atoms with Crippen LogP contribution in [-0.2, 0) is 0 Å². The zero-order valence-corrected chi connectivity index (χ0v) is 7.22. The summed E-state index contributed by atoms with van der Waals surface area (Å²) in [6.45, 7) is 2.40. The van der Waals surface area contributed by atoms with Crippen molar-refractivity contribution < 1.29 is 0 Å². The van der Waals surface area contributed by atoms with Gasteiger partial charge in [-0.25, -0.2) is 0 Å². The molecule has 0 aliphatic heterocycles. The van der Waals surface area contributed by atoms with Crippen LogP contribution in [-0.4, -0.2) is 0 Å². The molecule has 11 heavy (non-hydrogen) atoms. The summed E-state index contributed by atoms with van der Waals surface area (Å²) < 4.78 is 0. The fourth-order valence-corrected chi connectivity index (χ4v) is 2.33. The zero-order chi connectivity index (χ0) is 7.68. The van der Waals surface area contributed by atoms with Crippen LogP contribution >= 0.6 is 0 Å². The summed E-state index contributed by atoms with van der Waals surface area (Å²) in [5.74, 6) is 1.81. The molecule has 0 fully saturated rings. The lowest BCUT2D eigenvalue weighted by molar-refractivity contribution is 0.395. The first-order valence-electron chi connectivity index (χ1n) is 4.74. The highest BCUT2D eigenvalue weighted by molar-refractivity contribution is 5.27. The topological polar surface area (TPSA) is 0 Å². The van der Waals surface area contributed by atoms with Crippen molar-refractivity contribution in [3.8, 4) is 0 Å². The molecule has 0 heterocycles. The predicted octanol–water partition coefficient (Wildman–Crippen LogP) is 3.31. The van der Waals surface area contributed by atoms with Crippen LogP contribution in [0.3, 0.4) is 0 Å². The van der Waals surface area contributed by atoms with Crippen LogP contribution in [0.25, 0.3) is 0 Å². The minimum atomic E-state index is 0.897. The van der Waals surface area contributed by atoms with Gasteiger partial charge >= 0.3 is 0 Å². The van der Waals surface area contributed by atoms with Gasteiger partial charge in [-0.2, -0.15) is 0 Å². The second-order valence-electron chi connectivity index (χ2n) is 3.84. The fraction of sp³-hybridized carbons (Fsp3) is 0.636. The molecule has 0 spiro atoms. The first kappa shape index (κ1) is 7.15. The molecule has 0 aromatic rings. The number of hydrogen-bond donors (Lipinski definition) is 0. The van der Waals surface area contributed by atoms with Crippen LogP contribution in [0.1, 0.15) is 32.6 Å². The van der Waals surface area contributed by atoms with Crippen molar-refractivity contribution in [1.29, 1.82) is 0 Å². The van der Waals surface area contributed by atoms with Crippen molar-refractivity contribution >= 4 is 0 Å². The van der Waals surface area contributed by atoms with Crippen LogP contribution in [0.5, 0.6) is 0 Å². The molecule has 0 aromatic carbocycles. The Morgan fingerprint density at radius 2 is 2.18 bits per heavy atom. The van der Waals surface area contributed by atoms with E-state index >= 15 is 0 Å². The van der Waals surface area contributed by atoms with E-state index in [0.29, 0.717) is 0 Å². The van der Waals surface area contributed by atoms with E-state index in [1.807, 2.05) is 0 Å². The van der Waals surface area contributed by atoms with Gasteiger partial charge in [0.15, 0.2) is 0 Å². The Labute approximate surface area is 69.0 Å². The van der Waals surface area contributed by atoms with Gasteiger partial charge in [-0.15, -0.1) is 0 Å². The predicted molar refractivity (Wildman–Crippen MR) is 48.3 cm³/mol. The highest BCUT2D eigenvalue weighted by Gasteiger charge is 2.24. The Kier molecular flexibility index (Phi) is 1.85. The number of hydrogen-bond acceptors (Lipinski definition) is 0. The van der Waals surface area contributed by atoms with E-state index in [1.165, 1.54) is 25.7 Å². The van der Waals surface area contributed by atoms with Gasteiger partial charge in [-0.3, -0.25) is 0 Å². The Hall–Kier alpha value is -0.520. The van der Waals surface area contributed by atoms with E-state index in [-0.39, 0.29) is 0 Å². The summed E-state index contributed by atoms with van der Waals surface area (Å²) in [7, 11) is 0. The summed E-state index contributed by atoms with van der Waals surface area (Å²) in [6, 6.07) is 0.